The van der Waals surface area contributed by atoms with E-state index in [9.17, 15) is 0 Å². The molecule has 0 N–H and O–H groups in total. The van der Waals surface area contributed by atoms with Crippen LogP contribution in [0.1, 0.15) is 33.3 Å². The van der Waals surface area contributed by atoms with Gasteiger partial charge < -0.3 is 0 Å². The van der Waals surface area contributed by atoms with Crippen LogP contribution in [0.5, 0.6) is 0 Å². The first-order valence-corrected chi connectivity index (χ1v) is 10.9. The van der Waals surface area contributed by atoms with Crippen LogP contribution in [0, 0.1) is 0 Å². The molecule has 0 amide bonds. The Morgan fingerprint density at radius 2 is 1.09 bits per heavy atom. The first kappa shape index (κ1) is 16.0. The van der Waals surface area contributed by atoms with Crippen LogP contribution in [0.2, 0.25) is 13.1 Å². The van der Waals surface area contributed by atoms with Crippen LogP contribution in [0.15, 0.2) is 60.7 Å². The van der Waals surface area contributed by atoms with E-state index in [2.05, 4.69) is 85.9 Å². The van der Waals surface area contributed by atoms with E-state index in [4.69, 9.17) is 0 Å². The van der Waals surface area contributed by atoms with Crippen LogP contribution in [0.3, 0.4) is 0 Å². The van der Waals surface area contributed by atoms with Crippen molar-refractivity contribution in [2.24, 2.45) is 0 Å². The Morgan fingerprint density at radius 1 is 0.682 bits per heavy atom. The third kappa shape index (κ3) is 2.41. The quantitative estimate of drug-likeness (QED) is 0.684. The molecular formula is C20H20NaSi. The molecule has 1 radical (unpaired) electrons. The maximum atomic E-state index is 2.54. The van der Waals surface area contributed by atoms with E-state index >= 15 is 0 Å². The van der Waals surface area contributed by atoms with Crippen molar-refractivity contribution in [3.8, 4) is 0 Å². The van der Waals surface area contributed by atoms with E-state index in [-0.39, 0.29) is 29.6 Å². The standard InChI is InChI=1S/C20H20Si.Na/c1-21(2,19-13-11-15-7-3-5-9-17(15)19)20-14-12-16-8-4-6-10-18(16)20;/h3-14,19-20H,1-2H3;. The van der Waals surface area contributed by atoms with Gasteiger partial charge in [0.1, 0.15) is 0 Å². The Kier molecular flexibility index (Phi) is 4.35. The summed E-state index contributed by atoms with van der Waals surface area (Å²) >= 11 is 0. The topological polar surface area (TPSA) is 0 Å². The number of hydrogen-bond acceptors (Lipinski definition) is 0. The smallest absolute Gasteiger partial charge is 0.0715 e. The fraction of sp³-hybridized carbons (Fsp3) is 0.200. The third-order valence-corrected chi connectivity index (χ3v) is 9.41. The summed E-state index contributed by atoms with van der Waals surface area (Å²) in [5.74, 6) is 0. The normalized spacial score (nSPS) is 21.4. The van der Waals surface area contributed by atoms with Crippen LogP contribution in [-0.4, -0.2) is 37.6 Å². The minimum Gasteiger partial charge on any atom is -0.0791 e. The molecule has 2 aromatic rings. The van der Waals surface area contributed by atoms with E-state index in [0.29, 0.717) is 11.1 Å². The molecule has 0 nitrogen and oxygen atoms in total. The molecule has 0 heterocycles. The van der Waals surface area contributed by atoms with Crippen molar-refractivity contribution in [3.05, 3.63) is 82.9 Å². The molecule has 0 aliphatic heterocycles. The maximum Gasteiger partial charge on any atom is 0.0715 e. The zero-order chi connectivity index (χ0) is 14.4. The largest absolute Gasteiger partial charge is 0.0791 e. The molecular weight excluding hydrogens is 291 g/mol. The first-order valence-electron chi connectivity index (χ1n) is 7.72. The van der Waals surface area contributed by atoms with Crippen LogP contribution in [-0.2, 0) is 0 Å². The predicted octanol–water partition coefficient (Wildman–Crippen LogP) is 5.01. The van der Waals surface area contributed by atoms with Crippen molar-refractivity contribution in [1.82, 2.24) is 0 Å². The van der Waals surface area contributed by atoms with Crippen molar-refractivity contribution in [3.63, 3.8) is 0 Å². The summed E-state index contributed by atoms with van der Waals surface area (Å²) in [4.78, 5) is 0. The third-order valence-electron chi connectivity index (χ3n) is 5.20. The molecule has 0 spiro atoms. The van der Waals surface area contributed by atoms with Crippen LogP contribution in [0.4, 0.5) is 0 Å². The summed E-state index contributed by atoms with van der Waals surface area (Å²) in [7, 11) is -1.51. The number of allylic oxidation sites excluding steroid dienone is 2. The Hall–Kier alpha value is -0.863. The van der Waals surface area contributed by atoms with Gasteiger partial charge in [-0.3, -0.25) is 0 Å². The van der Waals surface area contributed by atoms with Crippen LogP contribution < -0.4 is 0 Å². The van der Waals surface area contributed by atoms with Crippen LogP contribution in [0.25, 0.3) is 12.2 Å². The molecule has 0 saturated heterocycles. The molecule has 105 valence electrons. The fourth-order valence-corrected chi connectivity index (χ4v) is 7.69. The molecule has 2 aromatic carbocycles. The summed E-state index contributed by atoms with van der Waals surface area (Å²) in [5, 5.41) is 0. The zero-order valence-electron chi connectivity index (χ0n) is 13.6. The number of fused-ring (bicyclic) bond motifs is 2. The van der Waals surface area contributed by atoms with Crippen LogP contribution >= 0.6 is 0 Å². The number of rotatable bonds is 2. The maximum absolute atomic E-state index is 2.54. The van der Waals surface area contributed by atoms with E-state index in [0.717, 1.165) is 0 Å². The zero-order valence-corrected chi connectivity index (χ0v) is 16.6. The fourth-order valence-electron chi connectivity index (χ4n) is 3.99. The molecule has 0 saturated carbocycles. The molecule has 0 aromatic heterocycles. The van der Waals surface area contributed by atoms with Crippen molar-refractivity contribution >= 4 is 49.8 Å². The van der Waals surface area contributed by atoms with Gasteiger partial charge in [-0.1, -0.05) is 85.9 Å². The van der Waals surface area contributed by atoms with E-state index in [1.165, 1.54) is 22.3 Å². The van der Waals surface area contributed by atoms with Crippen molar-refractivity contribution in [1.29, 1.82) is 0 Å². The number of hydrogen-bond donors (Lipinski definition) is 0. The second-order valence-corrected chi connectivity index (χ2v) is 11.6. The Balaban J connectivity index is 0.00000144. The molecule has 0 fully saturated rings. The minimum absolute atomic E-state index is 0. The molecule has 2 unspecified atom stereocenters. The Bertz CT molecular complexity index is 694. The molecule has 2 heteroatoms. The summed E-state index contributed by atoms with van der Waals surface area (Å²) < 4.78 is 0. The van der Waals surface area contributed by atoms with Crippen molar-refractivity contribution in [2.75, 3.05) is 0 Å². The second kappa shape index (κ2) is 5.97. The van der Waals surface area contributed by atoms with Gasteiger partial charge in [-0.05, 0) is 33.3 Å². The molecule has 4 rings (SSSR count). The van der Waals surface area contributed by atoms with Gasteiger partial charge >= 0.3 is 0 Å². The van der Waals surface area contributed by atoms with Gasteiger partial charge in [-0.15, -0.1) is 0 Å². The predicted molar refractivity (Wildman–Crippen MR) is 99.7 cm³/mol. The van der Waals surface area contributed by atoms with Gasteiger partial charge in [0.25, 0.3) is 0 Å². The minimum atomic E-state index is -1.51. The Labute approximate surface area is 156 Å². The second-order valence-electron chi connectivity index (χ2n) is 6.75. The number of benzene rings is 2. The summed E-state index contributed by atoms with van der Waals surface area (Å²) in [6.45, 7) is 5.09. The van der Waals surface area contributed by atoms with Gasteiger partial charge in [0, 0.05) is 29.6 Å². The van der Waals surface area contributed by atoms with Gasteiger partial charge in [-0.2, -0.15) is 0 Å². The summed E-state index contributed by atoms with van der Waals surface area (Å²) in [6.07, 6.45) is 9.54. The monoisotopic (exact) mass is 311 g/mol. The van der Waals surface area contributed by atoms with Gasteiger partial charge in [0.2, 0.25) is 0 Å². The summed E-state index contributed by atoms with van der Waals surface area (Å²) in [6, 6.07) is 17.8. The molecule has 0 bridgehead atoms. The van der Waals surface area contributed by atoms with E-state index in [1.54, 1.807) is 0 Å². The molecule has 22 heavy (non-hydrogen) atoms. The average Bonchev–Trinajstić information content (AvgIpc) is 3.12. The van der Waals surface area contributed by atoms with Crippen molar-refractivity contribution < 1.29 is 0 Å². The first-order chi connectivity index (χ1) is 10.2. The van der Waals surface area contributed by atoms with Gasteiger partial charge in [0.05, 0.1) is 8.07 Å². The molecule has 2 aliphatic carbocycles. The average molecular weight is 311 g/mol. The van der Waals surface area contributed by atoms with E-state index < -0.39 is 8.07 Å². The van der Waals surface area contributed by atoms with E-state index in [1.807, 2.05) is 0 Å². The van der Waals surface area contributed by atoms with Gasteiger partial charge in [-0.25, -0.2) is 0 Å². The molecule has 2 atom stereocenters. The SMILES string of the molecule is C[Si](C)(C1C=Cc2ccccc21)C1C=Cc2ccccc21.[Na]. The van der Waals surface area contributed by atoms with Gasteiger partial charge in [0.15, 0.2) is 0 Å². The van der Waals surface area contributed by atoms with Crippen molar-refractivity contribution in [2.45, 2.75) is 24.2 Å². The molecule has 2 aliphatic rings. The summed E-state index contributed by atoms with van der Waals surface area (Å²) in [5.41, 5.74) is 7.14. The Morgan fingerprint density at radius 3 is 1.55 bits per heavy atom.